The van der Waals surface area contributed by atoms with Crippen molar-refractivity contribution in [2.45, 2.75) is 78.3 Å². The normalized spacial score (nSPS) is 17.1. The van der Waals surface area contributed by atoms with Gasteiger partial charge in [0.05, 0.1) is 12.8 Å². The van der Waals surface area contributed by atoms with Crippen LogP contribution in [-0.4, -0.2) is 49.1 Å². The van der Waals surface area contributed by atoms with Crippen LogP contribution in [0.15, 0.2) is 12.4 Å². The van der Waals surface area contributed by atoms with E-state index in [1.165, 1.54) is 38.6 Å². The number of hydrogen-bond donors (Lipinski definition) is 1. The Kier molecular flexibility index (Phi) is 13.1. The molecule has 144 valence electrons. The first-order valence-electron chi connectivity index (χ1n) is 9.09. The van der Waals surface area contributed by atoms with Crippen LogP contribution in [0.2, 0.25) is 0 Å². The van der Waals surface area contributed by atoms with Crippen LogP contribution in [0, 0.1) is 0 Å². The summed E-state index contributed by atoms with van der Waals surface area (Å²) in [6, 6.07) is 0. The van der Waals surface area contributed by atoms with E-state index in [1.807, 2.05) is 0 Å². The molecule has 1 atom stereocenters. The lowest BCUT2D eigenvalue weighted by Crippen LogP contribution is -2.33. The minimum Gasteiger partial charge on any atom is -0.359 e. The molecule has 0 amide bonds. The molecule has 0 spiro atoms. The fourth-order valence-electron chi connectivity index (χ4n) is 2.32. The molecule has 1 heterocycles. The van der Waals surface area contributed by atoms with E-state index in [1.54, 1.807) is 0 Å². The standard InChI is InChI=1S/C9H18N2.C8H18O4S/c1-4-5-6-11-8-7-10(3)9(11)2;1-2-3-4-5-6-7-8-12-13(9,10)11/h7-9H,4-6H2,1-3H3;2-8H2,1H3,(H,9,10,11). The van der Waals surface area contributed by atoms with Gasteiger partial charge >= 0.3 is 10.4 Å². The van der Waals surface area contributed by atoms with Crippen LogP contribution < -0.4 is 0 Å². The number of unbranched alkanes of at least 4 members (excludes halogenated alkanes) is 6. The van der Waals surface area contributed by atoms with Gasteiger partial charge in [0, 0.05) is 26.0 Å². The topological polar surface area (TPSA) is 70.1 Å². The average Bonchev–Trinajstić information content (AvgIpc) is 2.83. The predicted octanol–water partition coefficient (Wildman–Crippen LogP) is 4.02. The Bertz CT molecular complexity index is 426. The minimum atomic E-state index is -4.22. The summed E-state index contributed by atoms with van der Waals surface area (Å²) in [7, 11) is -2.10. The van der Waals surface area contributed by atoms with Crippen molar-refractivity contribution in [1.82, 2.24) is 9.80 Å². The second kappa shape index (κ2) is 13.5. The van der Waals surface area contributed by atoms with Gasteiger partial charge in [-0.25, -0.2) is 4.18 Å². The highest BCUT2D eigenvalue weighted by molar-refractivity contribution is 7.80. The lowest BCUT2D eigenvalue weighted by atomic mass is 10.1. The third kappa shape index (κ3) is 12.6. The van der Waals surface area contributed by atoms with Gasteiger partial charge in [0.1, 0.15) is 0 Å². The van der Waals surface area contributed by atoms with E-state index in [0.717, 1.165) is 12.8 Å². The third-order valence-electron chi connectivity index (χ3n) is 4.06. The second-order valence-electron chi connectivity index (χ2n) is 6.20. The molecule has 24 heavy (non-hydrogen) atoms. The maximum atomic E-state index is 10.1. The van der Waals surface area contributed by atoms with Crippen LogP contribution >= 0.6 is 0 Å². The zero-order chi connectivity index (χ0) is 18.4. The summed E-state index contributed by atoms with van der Waals surface area (Å²) in [6.45, 7) is 7.88. The van der Waals surface area contributed by atoms with Crippen LogP contribution in [-0.2, 0) is 14.6 Å². The molecule has 0 saturated carbocycles. The molecule has 0 saturated heterocycles. The van der Waals surface area contributed by atoms with E-state index in [-0.39, 0.29) is 6.61 Å². The molecule has 1 unspecified atom stereocenters. The molecular formula is C17H36N2O4S. The molecule has 0 aromatic heterocycles. The van der Waals surface area contributed by atoms with Crippen LogP contribution in [0.4, 0.5) is 0 Å². The monoisotopic (exact) mass is 364 g/mol. The highest BCUT2D eigenvalue weighted by Crippen LogP contribution is 2.13. The Hall–Kier alpha value is -0.790. The first-order valence-corrected chi connectivity index (χ1v) is 10.5. The van der Waals surface area contributed by atoms with E-state index < -0.39 is 10.4 Å². The Morgan fingerprint density at radius 3 is 2.08 bits per heavy atom. The van der Waals surface area contributed by atoms with Crippen molar-refractivity contribution in [3.8, 4) is 0 Å². The summed E-state index contributed by atoms with van der Waals surface area (Å²) in [6.07, 6.45) is 13.8. The number of hydrogen-bond acceptors (Lipinski definition) is 5. The van der Waals surface area contributed by atoms with Gasteiger partial charge in [-0.05, 0) is 19.8 Å². The minimum absolute atomic E-state index is 0.0883. The zero-order valence-electron chi connectivity index (χ0n) is 15.8. The molecule has 0 aromatic carbocycles. The largest absolute Gasteiger partial charge is 0.397 e. The highest BCUT2D eigenvalue weighted by atomic mass is 32.3. The fraction of sp³-hybridized carbons (Fsp3) is 0.882. The van der Waals surface area contributed by atoms with Crippen molar-refractivity contribution in [3.63, 3.8) is 0 Å². The quantitative estimate of drug-likeness (QED) is 0.441. The smallest absolute Gasteiger partial charge is 0.359 e. The van der Waals surface area contributed by atoms with Crippen LogP contribution in [0.25, 0.3) is 0 Å². The molecule has 0 bridgehead atoms. The Balaban J connectivity index is 0.000000446. The van der Waals surface area contributed by atoms with Crippen molar-refractivity contribution in [3.05, 3.63) is 12.4 Å². The van der Waals surface area contributed by atoms with Gasteiger partial charge < -0.3 is 9.80 Å². The Morgan fingerprint density at radius 1 is 1.00 bits per heavy atom. The van der Waals surface area contributed by atoms with Crippen molar-refractivity contribution < 1.29 is 17.2 Å². The first kappa shape index (κ1) is 23.2. The van der Waals surface area contributed by atoms with Crippen LogP contribution in [0.3, 0.4) is 0 Å². The van der Waals surface area contributed by atoms with Crippen LogP contribution in [0.5, 0.6) is 0 Å². The van der Waals surface area contributed by atoms with Crippen molar-refractivity contribution in [2.75, 3.05) is 20.2 Å². The maximum absolute atomic E-state index is 10.1. The first-order chi connectivity index (χ1) is 11.3. The predicted molar refractivity (Wildman–Crippen MR) is 98.9 cm³/mol. The Morgan fingerprint density at radius 2 is 1.58 bits per heavy atom. The molecule has 1 aliphatic rings. The van der Waals surface area contributed by atoms with Gasteiger partial charge in [-0.15, -0.1) is 0 Å². The van der Waals surface area contributed by atoms with Gasteiger partial charge in [-0.1, -0.05) is 52.4 Å². The lowest BCUT2D eigenvalue weighted by Gasteiger charge is -2.26. The maximum Gasteiger partial charge on any atom is 0.397 e. The average molecular weight is 365 g/mol. The summed E-state index contributed by atoms with van der Waals surface area (Å²) >= 11 is 0. The SMILES string of the molecule is CCCCCCCCOS(=O)(=O)O.CCCCN1C=CN(C)C1C. The van der Waals surface area contributed by atoms with Gasteiger partial charge in [-0.3, -0.25) is 4.55 Å². The summed E-state index contributed by atoms with van der Waals surface area (Å²) in [4.78, 5) is 4.61. The molecule has 0 aliphatic carbocycles. The van der Waals surface area contributed by atoms with Gasteiger partial charge in [0.2, 0.25) is 0 Å². The molecular weight excluding hydrogens is 328 g/mol. The molecule has 1 rings (SSSR count). The molecule has 1 aliphatic heterocycles. The van der Waals surface area contributed by atoms with Crippen molar-refractivity contribution in [1.29, 1.82) is 0 Å². The molecule has 1 N–H and O–H groups in total. The van der Waals surface area contributed by atoms with Gasteiger partial charge in [0.25, 0.3) is 0 Å². The van der Waals surface area contributed by atoms with E-state index >= 15 is 0 Å². The number of rotatable bonds is 11. The summed E-state index contributed by atoms with van der Waals surface area (Å²) in [5, 5.41) is 0. The summed E-state index contributed by atoms with van der Waals surface area (Å²) in [5.74, 6) is 0. The molecule has 0 fully saturated rings. The van der Waals surface area contributed by atoms with E-state index in [9.17, 15) is 8.42 Å². The molecule has 0 radical (unpaired) electrons. The lowest BCUT2D eigenvalue weighted by molar-refractivity contribution is 0.193. The van der Waals surface area contributed by atoms with Gasteiger partial charge in [0.15, 0.2) is 0 Å². The third-order valence-corrected chi connectivity index (χ3v) is 4.53. The Labute approximate surface area is 148 Å². The zero-order valence-corrected chi connectivity index (χ0v) is 16.6. The van der Waals surface area contributed by atoms with Crippen molar-refractivity contribution >= 4 is 10.4 Å². The second-order valence-corrected chi connectivity index (χ2v) is 7.30. The number of nitrogens with zero attached hydrogens (tertiary/aromatic N) is 2. The fourth-order valence-corrected chi connectivity index (χ4v) is 2.65. The van der Waals surface area contributed by atoms with E-state index in [4.69, 9.17) is 4.55 Å². The van der Waals surface area contributed by atoms with Crippen LogP contribution in [0.1, 0.15) is 72.1 Å². The van der Waals surface area contributed by atoms with Gasteiger partial charge in [-0.2, -0.15) is 8.42 Å². The molecule has 6 nitrogen and oxygen atoms in total. The van der Waals surface area contributed by atoms with E-state index in [0.29, 0.717) is 12.6 Å². The molecule has 7 heteroatoms. The summed E-state index contributed by atoms with van der Waals surface area (Å²) in [5.41, 5.74) is 0. The highest BCUT2D eigenvalue weighted by Gasteiger charge is 2.16. The van der Waals surface area contributed by atoms with Crippen molar-refractivity contribution in [2.24, 2.45) is 0 Å². The summed E-state index contributed by atoms with van der Waals surface area (Å²) < 4.78 is 32.6. The van der Waals surface area contributed by atoms with E-state index in [2.05, 4.69) is 54.2 Å². The molecule has 0 aromatic rings.